The van der Waals surface area contributed by atoms with Crippen LogP contribution in [0, 0.1) is 0 Å². The molecule has 1 aliphatic rings. The van der Waals surface area contributed by atoms with E-state index in [9.17, 15) is 12.3 Å². The van der Waals surface area contributed by atoms with Crippen LogP contribution in [0.15, 0.2) is 57.3 Å². The zero-order valence-corrected chi connectivity index (χ0v) is 20.1. The van der Waals surface area contributed by atoms with Gasteiger partial charge in [0.05, 0.1) is 23.1 Å². The molecule has 0 spiro atoms. The van der Waals surface area contributed by atoms with E-state index >= 15 is 0 Å². The van der Waals surface area contributed by atoms with Crippen LogP contribution in [0.25, 0.3) is 0 Å². The summed E-state index contributed by atoms with van der Waals surface area (Å²) in [5.74, 6) is 1.19. The highest BCUT2D eigenvalue weighted by Gasteiger charge is 2.33. The molecule has 34 heavy (non-hydrogen) atoms. The molecule has 0 fully saturated rings. The van der Waals surface area contributed by atoms with Gasteiger partial charge < -0.3 is 25.7 Å². The fourth-order valence-electron chi connectivity index (χ4n) is 3.23. The van der Waals surface area contributed by atoms with Gasteiger partial charge in [-0.05, 0) is 56.3 Å². The van der Waals surface area contributed by atoms with Crippen molar-refractivity contribution in [1.29, 1.82) is 0 Å². The zero-order valence-electron chi connectivity index (χ0n) is 18.6. The molecule has 0 atom stereocenters. The molecule has 4 N–H and O–H groups in total. The van der Waals surface area contributed by atoms with Crippen molar-refractivity contribution in [3.8, 4) is 11.5 Å². The standard InChI is InChI=1S/C21H25ClFN5O5S/c1-21(2)27-19(24)26-20(25)28(21)14-3-8-18(17(22)13-14)33-12-10-31-9-11-32-15-4-6-16(7-5-15)34(23,29)30/h3-8,13H,9-12H2,1-2H3,(H4,24,25,26,27). The second-order valence-electron chi connectivity index (χ2n) is 7.60. The summed E-state index contributed by atoms with van der Waals surface area (Å²) >= 11 is 6.37. The summed E-state index contributed by atoms with van der Waals surface area (Å²) in [7, 11) is -4.73. The van der Waals surface area contributed by atoms with Crippen LogP contribution in [0.2, 0.25) is 5.02 Å². The van der Waals surface area contributed by atoms with Crippen LogP contribution in [0.5, 0.6) is 11.5 Å². The van der Waals surface area contributed by atoms with Crippen molar-refractivity contribution in [3.63, 3.8) is 0 Å². The van der Waals surface area contributed by atoms with Gasteiger partial charge >= 0.3 is 10.2 Å². The van der Waals surface area contributed by atoms with E-state index in [1.54, 1.807) is 23.1 Å². The Hall–Kier alpha value is -3.09. The second kappa shape index (κ2) is 10.5. The van der Waals surface area contributed by atoms with Crippen LogP contribution < -0.4 is 25.8 Å². The van der Waals surface area contributed by atoms with E-state index in [1.807, 2.05) is 13.8 Å². The minimum absolute atomic E-state index is 0.111. The second-order valence-corrected chi connectivity index (χ2v) is 9.36. The Balaban J connectivity index is 1.42. The molecule has 2 aromatic rings. The molecule has 0 saturated heterocycles. The maximum absolute atomic E-state index is 12.9. The van der Waals surface area contributed by atoms with Crippen molar-refractivity contribution in [1.82, 2.24) is 0 Å². The molecule has 2 aromatic carbocycles. The van der Waals surface area contributed by atoms with E-state index in [0.717, 1.165) is 12.1 Å². The van der Waals surface area contributed by atoms with Gasteiger partial charge in [0.25, 0.3) is 0 Å². The molecule has 184 valence electrons. The third-order valence-corrected chi connectivity index (χ3v) is 5.78. The Morgan fingerprint density at radius 2 is 1.68 bits per heavy atom. The first-order chi connectivity index (χ1) is 16.0. The van der Waals surface area contributed by atoms with Crippen LogP contribution >= 0.6 is 11.6 Å². The summed E-state index contributed by atoms with van der Waals surface area (Å²) < 4.78 is 51.0. The van der Waals surface area contributed by atoms with E-state index in [1.165, 1.54) is 12.1 Å². The number of benzene rings is 2. The van der Waals surface area contributed by atoms with Gasteiger partial charge in [0.1, 0.15) is 30.4 Å². The number of aliphatic imine (C=N–C) groups is 2. The van der Waals surface area contributed by atoms with Crippen molar-refractivity contribution in [2.75, 3.05) is 31.3 Å². The normalized spacial score (nSPS) is 15.5. The smallest absolute Gasteiger partial charge is 0.332 e. The Labute approximate surface area is 202 Å². The van der Waals surface area contributed by atoms with E-state index in [0.29, 0.717) is 22.2 Å². The van der Waals surface area contributed by atoms with Gasteiger partial charge in [0.2, 0.25) is 11.9 Å². The lowest BCUT2D eigenvalue weighted by atomic mass is 10.1. The molecular formula is C21H25ClFN5O5S. The molecule has 0 radical (unpaired) electrons. The van der Waals surface area contributed by atoms with E-state index < -0.39 is 20.8 Å². The SMILES string of the molecule is CC1(C)N=C(N)N=C(N)N1c1ccc(OCCOCCOc2ccc(S(=O)(=O)F)cc2)c(Cl)c1. The summed E-state index contributed by atoms with van der Waals surface area (Å²) in [5.41, 5.74) is 11.7. The van der Waals surface area contributed by atoms with Crippen LogP contribution in [0.4, 0.5) is 9.57 Å². The lowest BCUT2D eigenvalue weighted by Crippen LogP contribution is -2.54. The highest BCUT2D eigenvalue weighted by Crippen LogP contribution is 2.33. The molecule has 0 aromatic heterocycles. The summed E-state index contributed by atoms with van der Waals surface area (Å²) in [6, 6.07) is 10.2. The fourth-order valence-corrected chi connectivity index (χ4v) is 3.92. The first kappa shape index (κ1) is 25.5. The number of guanidine groups is 2. The first-order valence-corrected chi connectivity index (χ1v) is 11.9. The molecule has 1 heterocycles. The quantitative estimate of drug-likeness (QED) is 0.364. The number of nitrogens with two attached hydrogens (primary N) is 2. The molecular weight excluding hydrogens is 489 g/mol. The summed E-state index contributed by atoms with van der Waals surface area (Å²) in [6.07, 6.45) is 0. The Kier molecular flexibility index (Phi) is 7.85. The molecule has 1 aliphatic heterocycles. The minimum atomic E-state index is -4.73. The molecule has 0 saturated carbocycles. The van der Waals surface area contributed by atoms with E-state index in [-0.39, 0.29) is 38.3 Å². The van der Waals surface area contributed by atoms with Crippen molar-refractivity contribution in [2.24, 2.45) is 21.5 Å². The topological polar surface area (TPSA) is 142 Å². The van der Waals surface area contributed by atoms with Crippen molar-refractivity contribution >= 4 is 39.4 Å². The molecule has 0 amide bonds. The Morgan fingerprint density at radius 3 is 2.26 bits per heavy atom. The first-order valence-electron chi connectivity index (χ1n) is 10.1. The monoisotopic (exact) mass is 513 g/mol. The summed E-state index contributed by atoms with van der Waals surface area (Å²) in [6.45, 7) is 4.73. The van der Waals surface area contributed by atoms with Gasteiger partial charge in [-0.15, -0.1) is 3.89 Å². The van der Waals surface area contributed by atoms with Crippen molar-refractivity contribution in [3.05, 3.63) is 47.5 Å². The average Bonchev–Trinajstić information content (AvgIpc) is 2.72. The maximum atomic E-state index is 12.9. The number of hydrogen-bond donors (Lipinski definition) is 2. The number of hydrogen-bond acceptors (Lipinski definition) is 10. The van der Waals surface area contributed by atoms with Crippen LogP contribution in [-0.2, 0) is 15.0 Å². The molecule has 0 aliphatic carbocycles. The highest BCUT2D eigenvalue weighted by molar-refractivity contribution is 7.86. The zero-order chi connectivity index (χ0) is 24.9. The van der Waals surface area contributed by atoms with Crippen molar-refractivity contribution < 1.29 is 26.5 Å². The molecule has 13 heteroatoms. The molecule has 10 nitrogen and oxygen atoms in total. The fraction of sp³-hybridized carbons (Fsp3) is 0.333. The largest absolute Gasteiger partial charge is 0.491 e. The third kappa shape index (κ3) is 6.49. The molecule has 3 rings (SSSR count). The van der Waals surface area contributed by atoms with Gasteiger partial charge in [-0.25, -0.2) is 4.99 Å². The maximum Gasteiger partial charge on any atom is 0.332 e. The van der Waals surface area contributed by atoms with Crippen LogP contribution in [0.3, 0.4) is 0 Å². The van der Waals surface area contributed by atoms with Gasteiger partial charge in [-0.3, -0.25) is 4.90 Å². The minimum Gasteiger partial charge on any atom is -0.491 e. The Morgan fingerprint density at radius 1 is 1.03 bits per heavy atom. The van der Waals surface area contributed by atoms with Gasteiger partial charge in [0.15, 0.2) is 0 Å². The summed E-state index contributed by atoms with van der Waals surface area (Å²) in [4.78, 5) is 9.61. The van der Waals surface area contributed by atoms with E-state index in [4.69, 9.17) is 37.3 Å². The van der Waals surface area contributed by atoms with E-state index in [2.05, 4.69) is 9.98 Å². The third-order valence-electron chi connectivity index (χ3n) is 4.65. The average molecular weight is 514 g/mol. The summed E-state index contributed by atoms with van der Waals surface area (Å²) in [5, 5.41) is 0.380. The molecule has 0 bridgehead atoms. The van der Waals surface area contributed by atoms with Gasteiger partial charge in [-0.2, -0.15) is 13.4 Å². The number of halogens is 2. The van der Waals surface area contributed by atoms with Crippen molar-refractivity contribution in [2.45, 2.75) is 24.4 Å². The van der Waals surface area contributed by atoms with Crippen LogP contribution in [0.1, 0.15) is 13.8 Å². The molecule has 0 unspecified atom stereocenters. The van der Waals surface area contributed by atoms with Gasteiger partial charge in [0, 0.05) is 5.69 Å². The number of ether oxygens (including phenoxy) is 3. The van der Waals surface area contributed by atoms with Gasteiger partial charge in [-0.1, -0.05) is 11.6 Å². The lowest BCUT2D eigenvalue weighted by molar-refractivity contribution is 0.0764. The predicted octanol–water partition coefficient (Wildman–Crippen LogP) is 2.66. The lowest BCUT2D eigenvalue weighted by Gasteiger charge is -2.38. The number of anilines is 1. The highest BCUT2D eigenvalue weighted by atomic mass is 35.5. The Bertz CT molecular complexity index is 1190. The van der Waals surface area contributed by atoms with Crippen LogP contribution in [-0.4, -0.2) is 52.4 Å². The number of nitrogens with zero attached hydrogens (tertiary/aromatic N) is 3. The predicted molar refractivity (Wildman–Crippen MR) is 128 cm³/mol. The number of rotatable bonds is 10.